The Morgan fingerprint density at radius 2 is 1.92 bits per heavy atom. The highest BCUT2D eigenvalue weighted by molar-refractivity contribution is 5.94. The van der Waals surface area contributed by atoms with Crippen LogP contribution < -0.4 is 15.5 Å². The van der Waals surface area contributed by atoms with Crippen LogP contribution in [0.3, 0.4) is 0 Å². The number of aromatic nitrogens is 2. The molecule has 26 heavy (non-hydrogen) atoms. The molecule has 1 saturated heterocycles. The molecular weight excluding hydrogens is 336 g/mol. The number of rotatable bonds is 7. The van der Waals surface area contributed by atoms with E-state index in [2.05, 4.69) is 25.7 Å². The molecule has 3 rings (SSSR count). The number of non-ortho nitro benzene ring substituents is 1. The molecule has 0 saturated carbocycles. The summed E-state index contributed by atoms with van der Waals surface area (Å²) in [5.74, 6) is 0.387. The van der Waals surface area contributed by atoms with Crippen molar-refractivity contribution in [2.45, 2.75) is 12.8 Å². The van der Waals surface area contributed by atoms with Crippen LogP contribution in [0.2, 0.25) is 0 Å². The molecular formula is C17H20N6O3. The highest BCUT2D eigenvalue weighted by Crippen LogP contribution is 2.20. The van der Waals surface area contributed by atoms with E-state index in [1.54, 1.807) is 6.20 Å². The quantitative estimate of drug-likeness (QED) is 0.442. The van der Waals surface area contributed by atoms with Crippen LogP contribution in [-0.4, -0.2) is 47.2 Å². The number of amides is 1. The fraction of sp³-hybridized carbons (Fsp3) is 0.353. The van der Waals surface area contributed by atoms with Crippen molar-refractivity contribution in [3.05, 3.63) is 52.2 Å². The number of nitro benzene ring substituents is 1. The predicted octanol–water partition coefficient (Wildman–Crippen LogP) is 1.83. The zero-order chi connectivity index (χ0) is 18.4. The van der Waals surface area contributed by atoms with Crippen LogP contribution in [0, 0.1) is 10.1 Å². The molecule has 1 fully saturated rings. The van der Waals surface area contributed by atoms with Gasteiger partial charge in [-0.2, -0.15) is 5.10 Å². The number of anilines is 2. The van der Waals surface area contributed by atoms with Gasteiger partial charge >= 0.3 is 0 Å². The third-order valence-corrected chi connectivity index (χ3v) is 4.17. The number of hydrogen-bond donors (Lipinski definition) is 2. The van der Waals surface area contributed by atoms with Crippen molar-refractivity contribution in [2.24, 2.45) is 0 Å². The summed E-state index contributed by atoms with van der Waals surface area (Å²) < 4.78 is 0. The maximum atomic E-state index is 12.0. The number of hydrogen-bond acceptors (Lipinski definition) is 7. The van der Waals surface area contributed by atoms with Gasteiger partial charge in [-0.05, 0) is 25.0 Å². The monoisotopic (exact) mass is 356 g/mol. The lowest BCUT2D eigenvalue weighted by Gasteiger charge is -2.17. The second kappa shape index (κ2) is 8.24. The van der Waals surface area contributed by atoms with Gasteiger partial charge in [-0.3, -0.25) is 14.9 Å². The Kier molecular flexibility index (Phi) is 5.57. The third-order valence-electron chi connectivity index (χ3n) is 4.17. The molecule has 0 aliphatic carbocycles. The molecule has 1 aliphatic rings. The summed E-state index contributed by atoms with van der Waals surface area (Å²) in [6, 6.07) is 7.45. The molecule has 0 atom stereocenters. The van der Waals surface area contributed by atoms with Crippen LogP contribution in [0.1, 0.15) is 23.2 Å². The summed E-state index contributed by atoms with van der Waals surface area (Å²) in [4.78, 5) is 24.4. The molecule has 2 aromatic rings. The van der Waals surface area contributed by atoms with E-state index < -0.39 is 4.92 Å². The molecule has 0 unspecified atom stereocenters. The summed E-state index contributed by atoms with van der Waals surface area (Å²) >= 11 is 0. The summed E-state index contributed by atoms with van der Waals surface area (Å²) in [7, 11) is 0. The SMILES string of the molecule is O=C(NCCNc1cc(N2CCCC2)cnn1)c1ccc([N+](=O)[O-])cc1. The number of carbonyl (C=O) groups is 1. The van der Waals surface area contributed by atoms with E-state index in [0.29, 0.717) is 24.5 Å². The molecule has 1 aromatic carbocycles. The molecule has 2 heterocycles. The fourth-order valence-electron chi connectivity index (χ4n) is 2.79. The van der Waals surface area contributed by atoms with Crippen LogP contribution in [0.4, 0.5) is 17.2 Å². The predicted molar refractivity (Wildman–Crippen MR) is 97.4 cm³/mol. The first-order valence-electron chi connectivity index (χ1n) is 8.48. The maximum absolute atomic E-state index is 12.0. The summed E-state index contributed by atoms with van der Waals surface area (Å²) in [5.41, 5.74) is 1.39. The van der Waals surface area contributed by atoms with Crippen LogP contribution in [0.15, 0.2) is 36.5 Å². The number of carbonyl (C=O) groups excluding carboxylic acids is 1. The van der Waals surface area contributed by atoms with Gasteiger partial charge in [0.1, 0.15) is 0 Å². The maximum Gasteiger partial charge on any atom is 0.269 e. The first kappa shape index (κ1) is 17.6. The lowest BCUT2D eigenvalue weighted by atomic mass is 10.2. The highest BCUT2D eigenvalue weighted by Gasteiger charge is 2.13. The van der Waals surface area contributed by atoms with Gasteiger partial charge in [-0.25, -0.2) is 0 Å². The molecule has 1 aliphatic heterocycles. The van der Waals surface area contributed by atoms with Crippen molar-refractivity contribution in [3.8, 4) is 0 Å². The van der Waals surface area contributed by atoms with E-state index in [9.17, 15) is 14.9 Å². The van der Waals surface area contributed by atoms with Gasteiger partial charge in [0.25, 0.3) is 11.6 Å². The lowest BCUT2D eigenvalue weighted by molar-refractivity contribution is -0.384. The average Bonchev–Trinajstić information content (AvgIpc) is 3.20. The van der Waals surface area contributed by atoms with Gasteiger partial charge in [-0.15, -0.1) is 5.10 Å². The average molecular weight is 356 g/mol. The zero-order valence-corrected chi connectivity index (χ0v) is 14.2. The van der Waals surface area contributed by atoms with Crippen LogP contribution in [0.25, 0.3) is 0 Å². The fourth-order valence-corrected chi connectivity index (χ4v) is 2.79. The molecule has 1 aromatic heterocycles. The van der Waals surface area contributed by atoms with Crippen LogP contribution in [0.5, 0.6) is 0 Å². The first-order valence-corrected chi connectivity index (χ1v) is 8.48. The Labute approximate surface area is 150 Å². The molecule has 1 amide bonds. The van der Waals surface area contributed by atoms with Gasteiger partial charge in [-0.1, -0.05) is 0 Å². The van der Waals surface area contributed by atoms with E-state index in [4.69, 9.17) is 0 Å². The van der Waals surface area contributed by atoms with Gasteiger partial charge in [0.15, 0.2) is 5.82 Å². The molecule has 136 valence electrons. The minimum atomic E-state index is -0.497. The lowest BCUT2D eigenvalue weighted by Crippen LogP contribution is -2.29. The Balaban J connectivity index is 1.45. The number of nitrogens with zero attached hydrogens (tertiary/aromatic N) is 4. The van der Waals surface area contributed by atoms with E-state index >= 15 is 0 Å². The smallest absolute Gasteiger partial charge is 0.269 e. The number of nitro groups is 1. The Morgan fingerprint density at radius 1 is 1.19 bits per heavy atom. The molecule has 0 spiro atoms. The molecule has 9 heteroatoms. The van der Waals surface area contributed by atoms with Gasteiger partial charge in [0.2, 0.25) is 0 Å². The van der Waals surface area contributed by atoms with Crippen molar-refractivity contribution >= 4 is 23.1 Å². The Bertz CT molecular complexity index is 774. The molecule has 9 nitrogen and oxygen atoms in total. The normalized spacial score (nSPS) is 13.5. The van der Waals surface area contributed by atoms with Crippen LogP contribution >= 0.6 is 0 Å². The molecule has 2 N–H and O–H groups in total. The standard InChI is InChI=1S/C17H20N6O3/c24-17(13-3-5-14(6-4-13)23(25)26)19-8-7-18-16-11-15(12-20-21-16)22-9-1-2-10-22/h3-6,11-12H,1-2,7-10H2,(H,18,21)(H,19,24). The topological polar surface area (TPSA) is 113 Å². The second-order valence-electron chi connectivity index (χ2n) is 5.98. The molecule has 0 radical (unpaired) electrons. The summed E-state index contributed by atoms with van der Waals surface area (Å²) in [5, 5.41) is 24.6. The van der Waals surface area contributed by atoms with Crippen molar-refractivity contribution in [3.63, 3.8) is 0 Å². The minimum Gasteiger partial charge on any atom is -0.370 e. The van der Waals surface area contributed by atoms with Crippen molar-refractivity contribution < 1.29 is 9.72 Å². The first-order chi connectivity index (χ1) is 12.6. The van der Waals surface area contributed by atoms with E-state index in [1.807, 2.05) is 6.07 Å². The van der Waals surface area contributed by atoms with Crippen molar-refractivity contribution in [1.29, 1.82) is 0 Å². The Morgan fingerprint density at radius 3 is 2.62 bits per heavy atom. The second-order valence-corrected chi connectivity index (χ2v) is 5.98. The Hall–Kier alpha value is -3.23. The summed E-state index contributed by atoms with van der Waals surface area (Å²) in [6.07, 6.45) is 4.15. The van der Waals surface area contributed by atoms with Crippen molar-refractivity contribution in [2.75, 3.05) is 36.4 Å². The third kappa shape index (κ3) is 4.44. The van der Waals surface area contributed by atoms with E-state index in [-0.39, 0.29) is 11.6 Å². The van der Waals surface area contributed by atoms with Crippen molar-refractivity contribution in [1.82, 2.24) is 15.5 Å². The largest absolute Gasteiger partial charge is 0.370 e. The van der Waals surface area contributed by atoms with Gasteiger partial charge in [0.05, 0.1) is 16.8 Å². The van der Waals surface area contributed by atoms with Crippen LogP contribution in [-0.2, 0) is 0 Å². The number of benzene rings is 1. The summed E-state index contributed by atoms with van der Waals surface area (Å²) in [6.45, 7) is 2.97. The highest BCUT2D eigenvalue weighted by atomic mass is 16.6. The van der Waals surface area contributed by atoms with E-state index in [1.165, 1.54) is 37.1 Å². The minimum absolute atomic E-state index is 0.0420. The number of nitrogens with one attached hydrogen (secondary N) is 2. The molecule has 0 bridgehead atoms. The van der Waals surface area contributed by atoms with Gasteiger partial charge in [0, 0.05) is 49.9 Å². The zero-order valence-electron chi connectivity index (χ0n) is 14.2. The van der Waals surface area contributed by atoms with Gasteiger partial charge < -0.3 is 15.5 Å². The van der Waals surface area contributed by atoms with E-state index in [0.717, 1.165) is 18.8 Å².